The van der Waals surface area contributed by atoms with E-state index in [0.29, 0.717) is 0 Å². The van der Waals surface area contributed by atoms with Gasteiger partial charge in [-0.1, -0.05) is 6.07 Å². The number of hydrogen-bond acceptors (Lipinski definition) is 4. The van der Waals surface area contributed by atoms with Crippen LogP contribution in [0.15, 0.2) is 24.5 Å². The molecule has 1 rings (SSSR count). The van der Waals surface area contributed by atoms with Crippen molar-refractivity contribution in [3.63, 3.8) is 0 Å². The number of pyridine rings is 1. The number of hydrogen-bond donors (Lipinski definition) is 5. The third-order valence-electron chi connectivity index (χ3n) is 2.10. The van der Waals surface area contributed by atoms with Crippen molar-refractivity contribution in [2.75, 3.05) is 0 Å². The first kappa shape index (κ1) is 19.0. The zero-order valence-electron chi connectivity index (χ0n) is 9.41. The molecule has 18 heavy (non-hydrogen) atoms. The molecule has 1 heterocycles. The molecule has 0 spiro atoms. The van der Waals surface area contributed by atoms with Crippen LogP contribution in [0, 0.1) is 0 Å². The Kier molecular flexibility index (Phi) is 7.05. The van der Waals surface area contributed by atoms with Crippen molar-refractivity contribution in [1.82, 2.24) is 4.98 Å². The summed E-state index contributed by atoms with van der Waals surface area (Å²) in [5.74, 6) is 0. The van der Waals surface area contributed by atoms with Gasteiger partial charge in [0.25, 0.3) is 5.08 Å². The molecule has 0 aliphatic carbocycles. The van der Waals surface area contributed by atoms with Crippen LogP contribution in [0.5, 0.6) is 0 Å². The Morgan fingerprint density at radius 3 is 2.00 bits per heavy atom. The van der Waals surface area contributed by atoms with Gasteiger partial charge in [0.2, 0.25) is 0 Å². The van der Waals surface area contributed by atoms with Crippen LogP contribution in [-0.4, -0.2) is 34.7 Å². The Hall–Kier alpha value is 1.05. The Bertz CT molecular complexity index is 462. The number of nitrogens with zero attached hydrogens (tertiary/aromatic N) is 1. The zero-order valence-corrected chi connectivity index (χ0v) is 14.3. The quantitative estimate of drug-likeness (QED) is 0.285. The SMILES string of the molecule is O=P(O)(O)C(O)(Cc1cccnc1)P(=O)(O)O.[K+]. The van der Waals surface area contributed by atoms with Gasteiger partial charge in [0, 0.05) is 18.8 Å². The van der Waals surface area contributed by atoms with Crippen molar-refractivity contribution in [2.24, 2.45) is 0 Å². The van der Waals surface area contributed by atoms with Crippen molar-refractivity contribution in [3.05, 3.63) is 30.1 Å². The van der Waals surface area contributed by atoms with Crippen molar-refractivity contribution in [2.45, 2.75) is 11.5 Å². The van der Waals surface area contributed by atoms with E-state index in [-0.39, 0.29) is 56.9 Å². The second-order valence-electron chi connectivity index (χ2n) is 3.40. The van der Waals surface area contributed by atoms with Crippen LogP contribution in [0.4, 0.5) is 0 Å². The Morgan fingerprint density at radius 2 is 1.67 bits per heavy atom. The van der Waals surface area contributed by atoms with Gasteiger partial charge in [0.05, 0.1) is 0 Å². The largest absolute Gasteiger partial charge is 1.00 e. The van der Waals surface area contributed by atoms with Crippen molar-refractivity contribution in [3.8, 4) is 0 Å². The third-order valence-corrected chi connectivity index (χ3v) is 5.84. The Morgan fingerprint density at radius 1 is 1.17 bits per heavy atom. The maximum Gasteiger partial charge on any atom is 1.00 e. The fourth-order valence-electron chi connectivity index (χ4n) is 1.15. The van der Waals surface area contributed by atoms with Crippen molar-refractivity contribution in [1.29, 1.82) is 0 Å². The van der Waals surface area contributed by atoms with Gasteiger partial charge in [-0.25, -0.2) is 0 Å². The first-order chi connectivity index (χ1) is 7.58. The van der Waals surface area contributed by atoms with E-state index in [2.05, 4.69) is 4.98 Å². The fourth-order valence-corrected chi connectivity index (χ4v) is 3.29. The third kappa shape index (κ3) is 4.27. The second kappa shape index (κ2) is 6.67. The van der Waals surface area contributed by atoms with Crippen LogP contribution in [0.3, 0.4) is 0 Å². The minimum Gasteiger partial charge on any atom is -0.367 e. The molecule has 0 saturated heterocycles. The summed E-state index contributed by atoms with van der Waals surface area (Å²) in [7, 11) is -10.8. The topological polar surface area (TPSA) is 148 Å². The van der Waals surface area contributed by atoms with Crippen LogP contribution in [0.2, 0.25) is 0 Å². The summed E-state index contributed by atoms with van der Waals surface area (Å²) in [4.78, 5) is 39.1. The monoisotopic (exact) mass is 322 g/mol. The van der Waals surface area contributed by atoms with Gasteiger partial charge in [-0.05, 0) is 11.6 Å². The summed E-state index contributed by atoms with van der Waals surface area (Å²) in [6.07, 6.45) is 1.63. The maximum atomic E-state index is 11.0. The zero-order chi connectivity index (χ0) is 13.3. The second-order valence-corrected chi connectivity index (χ2v) is 7.41. The molecule has 0 amide bonds. The molecule has 0 saturated carbocycles. The van der Waals surface area contributed by atoms with Gasteiger partial charge in [-0.3, -0.25) is 14.1 Å². The Labute approximate surface area is 145 Å². The molecule has 0 aromatic carbocycles. The normalized spacial score (nSPS) is 12.9. The molecule has 8 nitrogen and oxygen atoms in total. The van der Waals surface area contributed by atoms with Crippen LogP contribution < -0.4 is 51.4 Å². The molecule has 0 bridgehead atoms. The number of aliphatic hydroxyl groups is 1. The molecule has 1 aromatic heterocycles. The van der Waals surface area contributed by atoms with Crippen molar-refractivity contribution < 1.29 is 85.2 Å². The summed E-state index contributed by atoms with van der Waals surface area (Å²) < 4.78 is 22.1. The van der Waals surface area contributed by atoms with E-state index in [0.717, 1.165) is 6.20 Å². The van der Waals surface area contributed by atoms with E-state index in [1.165, 1.54) is 18.3 Å². The predicted molar refractivity (Wildman–Crippen MR) is 57.0 cm³/mol. The molecule has 0 fully saturated rings. The van der Waals surface area contributed by atoms with Gasteiger partial charge in [0.15, 0.2) is 0 Å². The number of rotatable bonds is 4. The van der Waals surface area contributed by atoms with Crippen LogP contribution in [0.25, 0.3) is 0 Å². The first-order valence-electron chi connectivity index (χ1n) is 4.30. The van der Waals surface area contributed by atoms with Gasteiger partial charge >= 0.3 is 66.6 Å². The van der Waals surface area contributed by atoms with E-state index in [1.54, 1.807) is 0 Å². The van der Waals surface area contributed by atoms with E-state index in [9.17, 15) is 14.2 Å². The minimum absolute atomic E-state index is 0. The molecule has 0 aliphatic rings. The van der Waals surface area contributed by atoms with E-state index in [1.807, 2.05) is 0 Å². The average molecular weight is 322 g/mol. The molecule has 1 aromatic rings. The van der Waals surface area contributed by atoms with Crippen LogP contribution >= 0.6 is 15.2 Å². The molecule has 0 unspecified atom stereocenters. The first-order valence-corrected chi connectivity index (χ1v) is 7.53. The van der Waals surface area contributed by atoms with Gasteiger partial charge in [0.1, 0.15) is 0 Å². The summed E-state index contributed by atoms with van der Waals surface area (Å²) in [6, 6.07) is 2.75. The summed E-state index contributed by atoms with van der Waals surface area (Å²) in [6.45, 7) is 0. The summed E-state index contributed by atoms with van der Waals surface area (Å²) in [5, 5.41) is 6.16. The molecule has 5 N–H and O–H groups in total. The van der Waals surface area contributed by atoms with Gasteiger partial charge in [-0.2, -0.15) is 0 Å². The summed E-state index contributed by atoms with van der Waals surface area (Å²) >= 11 is 0. The van der Waals surface area contributed by atoms with E-state index >= 15 is 0 Å². The molecule has 11 heteroatoms. The number of aromatic nitrogens is 1. The van der Waals surface area contributed by atoms with E-state index in [4.69, 9.17) is 19.6 Å². The van der Waals surface area contributed by atoms with Crippen molar-refractivity contribution >= 4 is 15.2 Å². The predicted octanol–water partition coefficient (Wildman–Crippen LogP) is -3.37. The molecule has 0 atom stereocenters. The molecular formula is C7H11KNO7P2+. The van der Waals surface area contributed by atoms with Gasteiger partial charge < -0.3 is 24.7 Å². The molecular weight excluding hydrogens is 311 g/mol. The Balaban J connectivity index is 0.00000289. The van der Waals surface area contributed by atoms with E-state index < -0.39 is 26.7 Å². The maximum absolute atomic E-state index is 11.0. The van der Waals surface area contributed by atoms with Gasteiger partial charge in [-0.15, -0.1) is 0 Å². The van der Waals surface area contributed by atoms with Crippen LogP contribution in [0.1, 0.15) is 5.56 Å². The molecule has 0 aliphatic heterocycles. The standard InChI is InChI=1S/C7H11NO7P2.K/c9-7(16(10,11)12,17(13,14)15)4-6-2-1-3-8-5-6;/h1-3,5,9H,4H2,(H2,10,11,12)(H2,13,14,15);/q;+1. The molecule has 0 radical (unpaired) electrons. The molecule has 96 valence electrons. The minimum atomic E-state index is -5.41. The van der Waals surface area contributed by atoms with Crippen LogP contribution in [-0.2, 0) is 15.6 Å². The smallest absolute Gasteiger partial charge is 0.367 e. The fraction of sp³-hybridized carbons (Fsp3) is 0.286. The summed E-state index contributed by atoms with van der Waals surface area (Å²) in [5.41, 5.74) is 0.0988. The average Bonchev–Trinajstić information content (AvgIpc) is 2.15.